The van der Waals surface area contributed by atoms with Crippen LogP contribution in [0.4, 0.5) is 5.69 Å². The number of anilines is 1. The molecule has 0 fully saturated rings. The molecule has 2 aromatic carbocycles. The van der Waals surface area contributed by atoms with Crippen molar-refractivity contribution in [3.63, 3.8) is 0 Å². The van der Waals surface area contributed by atoms with Crippen molar-refractivity contribution in [1.29, 1.82) is 5.26 Å². The van der Waals surface area contributed by atoms with Crippen LogP contribution in [-0.2, 0) is 4.79 Å². The fourth-order valence-electron chi connectivity index (χ4n) is 2.67. The number of hydrogen-bond donors (Lipinski definition) is 2. The highest BCUT2D eigenvalue weighted by molar-refractivity contribution is 6.10. The Bertz CT molecular complexity index is 990. The minimum atomic E-state index is -0.411. The number of H-pyrrole nitrogens is 1. The molecule has 1 aromatic heterocycles. The van der Waals surface area contributed by atoms with Gasteiger partial charge in [-0.25, -0.2) is 0 Å². The van der Waals surface area contributed by atoms with Crippen molar-refractivity contribution in [3.8, 4) is 6.07 Å². The number of carbonyl (C=O) groups excluding carboxylic acids is 1. The number of hydrogen-bond acceptors (Lipinski definition) is 2. The molecule has 118 valence electrons. The van der Waals surface area contributed by atoms with E-state index in [0.717, 1.165) is 27.7 Å². The number of rotatable bonds is 3. The first kappa shape index (κ1) is 15.6. The molecule has 0 spiro atoms. The van der Waals surface area contributed by atoms with Crippen LogP contribution in [0.3, 0.4) is 0 Å². The van der Waals surface area contributed by atoms with Crippen LogP contribution in [0.2, 0.25) is 0 Å². The molecule has 3 rings (SSSR count). The summed E-state index contributed by atoms with van der Waals surface area (Å²) in [5, 5.41) is 14.2. The summed E-state index contributed by atoms with van der Waals surface area (Å²) in [4.78, 5) is 15.6. The molecule has 0 aliphatic heterocycles. The summed E-state index contributed by atoms with van der Waals surface area (Å²) in [6, 6.07) is 17.5. The standard InChI is InChI=1S/C20H17N3O/c1-13-9-17(14(2)22-13)10-18(12-21)20(24)23-19-8-7-15-5-3-4-6-16(15)11-19/h3-11,22H,1-2H3,(H,23,24)/b18-10-. The van der Waals surface area contributed by atoms with Gasteiger partial charge in [-0.3, -0.25) is 4.79 Å². The van der Waals surface area contributed by atoms with Crippen LogP contribution >= 0.6 is 0 Å². The number of nitrogens with one attached hydrogen (secondary N) is 2. The fraction of sp³-hybridized carbons (Fsp3) is 0.100. The Hall–Kier alpha value is -3.32. The highest BCUT2D eigenvalue weighted by Crippen LogP contribution is 2.20. The lowest BCUT2D eigenvalue weighted by Gasteiger charge is -2.06. The van der Waals surface area contributed by atoms with Gasteiger partial charge in [-0.1, -0.05) is 30.3 Å². The Morgan fingerprint density at radius 3 is 2.54 bits per heavy atom. The lowest BCUT2D eigenvalue weighted by atomic mass is 10.1. The molecule has 3 aromatic rings. The summed E-state index contributed by atoms with van der Waals surface area (Å²) < 4.78 is 0. The smallest absolute Gasteiger partial charge is 0.266 e. The molecule has 0 aliphatic rings. The van der Waals surface area contributed by atoms with Crippen LogP contribution in [-0.4, -0.2) is 10.9 Å². The van der Waals surface area contributed by atoms with Crippen molar-refractivity contribution < 1.29 is 4.79 Å². The highest BCUT2D eigenvalue weighted by Gasteiger charge is 2.11. The maximum atomic E-state index is 12.4. The predicted octanol–water partition coefficient (Wildman–Crippen LogP) is 4.33. The van der Waals surface area contributed by atoms with E-state index >= 15 is 0 Å². The van der Waals surface area contributed by atoms with E-state index in [1.54, 1.807) is 6.08 Å². The monoisotopic (exact) mass is 315 g/mol. The number of nitrogens with zero attached hydrogens (tertiary/aromatic N) is 1. The molecule has 24 heavy (non-hydrogen) atoms. The van der Waals surface area contributed by atoms with Gasteiger partial charge >= 0.3 is 0 Å². The van der Waals surface area contributed by atoms with Crippen molar-refractivity contribution in [2.75, 3.05) is 5.32 Å². The summed E-state index contributed by atoms with van der Waals surface area (Å²) in [6.07, 6.45) is 1.61. The minimum Gasteiger partial charge on any atom is -0.362 e. The molecular weight excluding hydrogens is 298 g/mol. The molecule has 0 bridgehead atoms. The zero-order valence-corrected chi connectivity index (χ0v) is 13.6. The van der Waals surface area contributed by atoms with Crippen LogP contribution in [0.25, 0.3) is 16.8 Å². The number of aromatic amines is 1. The molecule has 1 heterocycles. The third-order valence-corrected chi connectivity index (χ3v) is 3.86. The number of aryl methyl sites for hydroxylation is 2. The number of fused-ring (bicyclic) bond motifs is 1. The van der Waals surface area contributed by atoms with Crippen LogP contribution in [0.15, 0.2) is 54.1 Å². The molecule has 4 nitrogen and oxygen atoms in total. The Balaban J connectivity index is 1.86. The molecule has 0 saturated carbocycles. The van der Waals surface area contributed by atoms with Crippen molar-refractivity contribution in [1.82, 2.24) is 4.98 Å². The van der Waals surface area contributed by atoms with Gasteiger partial charge in [0.15, 0.2) is 0 Å². The van der Waals surface area contributed by atoms with E-state index < -0.39 is 5.91 Å². The van der Waals surface area contributed by atoms with Crippen LogP contribution < -0.4 is 5.32 Å². The van der Waals surface area contributed by atoms with E-state index in [1.165, 1.54) is 0 Å². The van der Waals surface area contributed by atoms with E-state index in [-0.39, 0.29) is 5.57 Å². The second-order valence-corrected chi connectivity index (χ2v) is 5.72. The third-order valence-electron chi connectivity index (χ3n) is 3.86. The Morgan fingerprint density at radius 1 is 1.12 bits per heavy atom. The van der Waals surface area contributed by atoms with Crippen molar-refractivity contribution in [2.45, 2.75) is 13.8 Å². The van der Waals surface area contributed by atoms with Crippen LogP contribution in [0.5, 0.6) is 0 Å². The quantitative estimate of drug-likeness (QED) is 0.558. The molecule has 0 saturated heterocycles. The summed E-state index contributed by atoms with van der Waals surface area (Å²) in [6.45, 7) is 3.85. The van der Waals surface area contributed by atoms with Crippen molar-refractivity contribution in [2.24, 2.45) is 0 Å². The van der Waals surface area contributed by atoms with Gasteiger partial charge in [0.25, 0.3) is 5.91 Å². The lowest BCUT2D eigenvalue weighted by molar-refractivity contribution is -0.112. The van der Waals surface area contributed by atoms with Crippen molar-refractivity contribution in [3.05, 3.63) is 71.1 Å². The Morgan fingerprint density at radius 2 is 1.88 bits per heavy atom. The van der Waals surface area contributed by atoms with E-state index in [1.807, 2.05) is 68.4 Å². The lowest BCUT2D eigenvalue weighted by Crippen LogP contribution is -2.13. The summed E-state index contributed by atoms with van der Waals surface area (Å²) in [5.74, 6) is -0.411. The largest absolute Gasteiger partial charge is 0.362 e. The number of aromatic nitrogens is 1. The summed E-state index contributed by atoms with van der Waals surface area (Å²) in [5.41, 5.74) is 3.51. The van der Waals surface area contributed by atoms with Gasteiger partial charge in [-0.05, 0) is 54.5 Å². The third kappa shape index (κ3) is 3.21. The summed E-state index contributed by atoms with van der Waals surface area (Å²) >= 11 is 0. The normalized spacial score (nSPS) is 11.3. The number of benzene rings is 2. The van der Waals surface area contributed by atoms with E-state index in [4.69, 9.17) is 0 Å². The SMILES string of the molecule is Cc1cc(/C=C(/C#N)C(=O)Nc2ccc3ccccc3c2)c(C)[nH]1. The van der Waals surface area contributed by atoms with Gasteiger partial charge in [0.05, 0.1) is 0 Å². The topological polar surface area (TPSA) is 68.7 Å². The first-order valence-corrected chi connectivity index (χ1v) is 7.65. The number of carbonyl (C=O) groups is 1. The zero-order valence-electron chi connectivity index (χ0n) is 13.6. The molecule has 1 amide bonds. The molecule has 0 atom stereocenters. The Labute approximate surface area is 140 Å². The minimum absolute atomic E-state index is 0.0743. The second kappa shape index (κ2) is 6.43. The van der Waals surface area contributed by atoms with Gasteiger partial charge in [0.2, 0.25) is 0 Å². The maximum Gasteiger partial charge on any atom is 0.266 e. The highest BCUT2D eigenvalue weighted by atomic mass is 16.1. The van der Waals surface area contributed by atoms with Gasteiger partial charge in [-0.2, -0.15) is 5.26 Å². The average molecular weight is 315 g/mol. The second-order valence-electron chi connectivity index (χ2n) is 5.72. The Kier molecular flexibility index (Phi) is 4.17. The van der Waals surface area contributed by atoms with E-state index in [0.29, 0.717) is 5.69 Å². The van der Waals surface area contributed by atoms with Crippen LogP contribution in [0, 0.1) is 25.2 Å². The summed E-state index contributed by atoms with van der Waals surface area (Å²) in [7, 11) is 0. The number of amides is 1. The zero-order chi connectivity index (χ0) is 17.1. The van der Waals surface area contributed by atoms with Gasteiger partial charge in [0.1, 0.15) is 11.6 Å². The van der Waals surface area contributed by atoms with Gasteiger partial charge < -0.3 is 10.3 Å². The van der Waals surface area contributed by atoms with Gasteiger partial charge in [-0.15, -0.1) is 0 Å². The van der Waals surface area contributed by atoms with Crippen molar-refractivity contribution >= 4 is 28.4 Å². The molecule has 0 unspecified atom stereocenters. The maximum absolute atomic E-state index is 12.4. The van der Waals surface area contributed by atoms with Crippen LogP contribution in [0.1, 0.15) is 17.0 Å². The average Bonchev–Trinajstić information content (AvgIpc) is 2.89. The molecule has 0 radical (unpaired) electrons. The first-order chi connectivity index (χ1) is 11.6. The number of nitriles is 1. The van der Waals surface area contributed by atoms with Gasteiger partial charge in [0, 0.05) is 17.1 Å². The molecule has 4 heteroatoms. The molecule has 2 N–H and O–H groups in total. The van der Waals surface area contributed by atoms with E-state index in [9.17, 15) is 10.1 Å². The van der Waals surface area contributed by atoms with E-state index in [2.05, 4.69) is 10.3 Å². The molecule has 0 aliphatic carbocycles. The fourth-order valence-corrected chi connectivity index (χ4v) is 2.67. The predicted molar refractivity (Wildman–Crippen MR) is 96.4 cm³/mol. The molecular formula is C20H17N3O. The first-order valence-electron chi connectivity index (χ1n) is 7.65.